The third-order valence-corrected chi connectivity index (χ3v) is 3.85. The standard InChI is InChI=1S/C12H12N4O3S/c13-12(15-17)9-3-5-10(6-4-9)16-20(18,19)11-2-1-7-14-8-11/h1-8,16-17H,(H2,13,15). The van der Waals surface area contributed by atoms with Gasteiger partial charge in [-0.1, -0.05) is 5.16 Å². The van der Waals surface area contributed by atoms with Crippen LogP contribution in [0.3, 0.4) is 0 Å². The molecule has 0 radical (unpaired) electrons. The highest BCUT2D eigenvalue weighted by molar-refractivity contribution is 7.92. The van der Waals surface area contributed by atoms with Crippen LogP contribution in [0.5, 0.6) is 0 Å². The topological polar surface area (TPSA) is 118 Å². The molecule has 0 bridgehead atoms. The maximum Gasteiger partial charge on any atom is 0.263 e. The quantitative estimate of drug-likeness (QED) is 0.336. The van der Waals surface area contributed by atoms with Crippen molar-refractivity contribution < 1.29 is 13.6 Å². The molecule has 8 heteroatoms. The summed E-state index contributed by atoms with van der Waals surface area (Å²) in [6, 6.07) is 9.09. The molecule has 0 aliphatic rings. The van der Waals surface area contributed by atoms with Gasteiger partial charge in [0.25, 0.3) is 10.0 Å². The molecule has 7 nitrogen and oxygen atoms in total. The fourth-order valence-electron chi connectivity index (χ4n) is 1.49. The first-order valence-electron chi connectivity index (χ1n) is 5.54. The van der Waals surface area contributed by atoms with E-state index in [1.165, 1.54) is 48.8 Å². The van der Waals surface area contributed by atoms with E-state index >= 15 is 0 Å². The molecule has 0 aliphatic heterocycles. The number of nitrogens with one attached hydrogen (secondary N) is 1. The fraction of sp³-hybridized carbons (Fsp3) is 0. The molecule has 4 N–H and O–H groups in total. The van der Waals surface area contributed by atoms with E-state index in [0.29, 0.717) is 11.3 Å². The van der Waals surface area contributed by atoms with Crippen molar-refractivity contribution in [3.8, 4) is 0 Å². The normalized spacial score (nSPS) is 12.1. The maximum atomic E-state index is 12.0. The van der Waals surface area contributed by atoms with Crippen molar-refractivity contribution in [2.75, 3.05) is 4.72 Å². The zero-order valence-corrected chi connectivity index (χ0v) is 11.1. The molecule has 2 aromatic rings. The van der Waals surface area contributed by atoms with E-state index in [2.05, 4.69) is 14.9 Å². The predicted molar refractivity (Wildman–Crippen MR) is 74.0 cm³/mol. The monoisotopic (exact) mass is 292 g/mol. The van der Waals surface area contributed by atoms with Gasteiger partial charge >= 0.3 is 0 Å². The molecule has 1 aromatic carbocycles. The number of hydrogen-bond donors (Lipinski definition) is 3. The van der Waals surface area contributed by atoms with Crippen molar-refractivity contribution in [1.29, 1.82) is 0 Å². The van der Waals surface area contributed by atoms with Crippen molar-refractivity contribution >= 4 is 21.5 Å². The van der Waals surface area contributed by atoms with Gasteiger partial charge in [0.05, 0.1) is 0 Å². The first-order chi connectivity index (χ1) is 9.53. The van der Waals surface area contributed by atoms with Crippen LogP contribution >= 0.6 is 0 Å². The number of rotatable bonds is 4. The number of pyridine rings is 1. The van der Waals surface area contributed by atoms with E-state index in [1.807, 2.05) is 0 Å². The van der Waals surface area contributed by atoms with Crippen LogP contribution in [0, 0.1) is 0 Å². The van der Waals surface area contributed by atoms with Gasteiger partial charge in [-0.05, 0) is 36.4 Å². The molecule has 0 aliphatic carbocycles. The molecular formula is C12H12N4O3S. The number of hydrogen-bond acceptors (Lipinski definition) is 5. The molecule has 1 aromatic heterocycles. The molecule has 0 amide bonds. The number of sulfonamides is 1. The number of aromatic nitrogens is 1. The minimum absolute atomic E-state index is 0.0494. The summed E-state index contributed by atoms with van der Waals surface area (Å²) in [6.45, 7) is 0. The molecule has 0 unspecified atom stereocenters. The van der Waals surface area contributed by atoms with Crippen LogP contribution in [-0.4, -0.2) is 24.4 Å². The molecule has 0 spiro atoms. The summed E-state index contributed by atoms with van der Waals surface area (Å²) >= 11 is 0. The number of oxime groups is 1. The lowest BCUT2D eigenvalue weighted by Gasteiger charge is -2.08. The second-order valence-corrected chi connectivity index (χ2v) is 5.54. The fourth-order valence-corrected chi connectivity index (χ4v) is 2.51. The van der Waals surface area contributed by atoms with Crippen LogP contribution in [-0.2, 0) is 10.0 Å². The van der Waals surface area contributed by atoms with Crippen LogP contribution in [0.15, 0.2) is 58.8 Å². The number of anilines is 1. The Morgan fingerprint density at radius 2 is 1.95 bits per heavy atom. The largest absolute Gasteiger partial charge is 0.409 e. The lowest BCUT2D eigenvalue weighted by atomic mass is 10.2. The van der Waals surface area contributed by atoms with E-state index in [9.17, 15) is 8.42 Å². The Kier molecular flexibility index (Phi) is 3.85. The smallest absolute Gasteiger partial charge is 0.263 e. The molecule has 0 atom stereocenters. The van der Waals surface area contributed by atoms with Crippen molar-refractivity contribution in [2.45, 2.75) is 4.90 Å². The summed E-state index contributed by atoms with van der Waals surface area (Å²) in [6.07, 6.45) is 2.75. The Hall–Kier alpha value is -2.61. The van der Waals surface area contributed by atoms with Gasteiger partial charge in [-0.2, -0.15) is 0 Å². The summed E-state index contributed by atoms with van der Waals surface area (Å²) in [5.41, 5.74) is 6.26. The molecular weight excluding hydrogens is 280 g/mol. The van der Waals surface area contributed by atoms with E-state index in [1.54, 1.807) is 0 Å². The van der Waals surface area contributed by atoms with Gasteiger partial charge in [0.1, 0.15) is 4.90 Å². The lowest BCUT2D eigenvalue weighted by molar-refractivity contribution is 0.318. The first kappa shape index (κ1) is 13.8. The van der Waals surface area contributed by atoms with E-state index < -0.39 is 10.0 Å². The number of amidine groups is 1. The van der Waals surface area contributed by atoms with E-state index in [-0.39, 0.29) is 10.7 Å². The third-order valence-electron chi connectivity index (χ3n) is 2.49. The molecule has 2 rings (SSSR count). The van der Waals surface area contributed by atoms with Crippen LogP contribution in [0.2, 0.25) is 0 Å². The third kappa shape index (κ3) is 3.04. The summed E-state index contributed by atoms with van der Waals surface area (Å²) in [5.74, 6) is -0.0494. The van der Waals surface area contributed by atoms with Crippen molar-refractivity contribution in [3.63, 3.8) is 0 Å². The van der Waals surface area contributed by atoms with Gasteiger partial charge < -0.3 is 10.9 Å². The Balaban J connectivity index is 2.23. The van der Waals surface area contributed by atoms with E-state index in [0.717, 1.165) is 0 Å². The Labute approximate surface area is 115 Å². The number of benzene rings is 1. The van der Waals surface area contributed by atoms with Crippen LogP contribution in [0.1, 0.15) is 5.56 Å². The minimum atomic E-state index is -3.68. The minimum Gasteiger partial charge on any atom is -0.409 e. The molecule has 104 valence electrons. The molecule has 0 saturated carbocycles. The van der Waals surface area contributed by atoms with Crippen LogP contribution in [0.4, 0.5) is 5.69 Å². The highest BCUT2D eigenvalue weighted by atomic mass is 32.2. The van der Waals surface area contributed by atoms with Crippen molar-refractivity contribution in [1.82, 2.24) is 4.98 Å². The lowest BCUT2D eigenvalue weighted by Crippen LogP contribution is -2.15. The van der Waals surface area contributed by atoms with E-state index in [4.69, 9.17) is 10.9 Å². The number of nitrogens with zero attached hydrogens (tertiary/aromatic N) is 2. The number of nitrogens with two attached hydrogens (primary N) is 1. The van der Waals surface area contributed by atoms with Gasteiger partial charge in [0.15, 0.2) is 5.84 Å². The van der Waals surface area contributed by atoms with Crippen molar-refractivity contribution in [3.05, 3.63) is 54.4 Å². The molecule has 0 saturated heterocycles. The molecule has 1 heterocycles. The van der Waals surface area contributed by atoms with Gasteiger partial charge in [-0.25, -0.2) is 8.42 Å². The second-order valence-electron chi connectivity index (χ2n) is 3.86. The zero-order valence-electron chi connectivity index (χ0n) is 10.3. The summed E-state index contributed by atoms with van der Waals surface area (Å²) in [4.78, 5) is 3.83. The highest BCUT2D eigenvalue weighted by Crippen LogP contribution is 2.15. The van der Waals surface area contributed by atoms with Gasteiger partial charge in [0, 0.05) is 23.6 Å². The maximum absolute atomic E-state index is 12.0. The van der Waals surface area contributed by atoms with Gasteiger partial charge in [-0.3, -0.25) is 9.71 Å². The Morgan fingerprint density at radius 1 is 1.25 bits per heavy atom. The highest BCUT2D eigenvalue weighted by Gasteiger charge is 2.13. The summed E-state index contributed by atoms with van der Waals surface area (Å²) in [7, 11) is -3.68. The van der Waals surface area contributed by atoms with Crippen molar-refractivity contribution in [2.24, 2.45) is 10.9 Å². The average molecular weight is 292 g/mol. The predicted octanol–water partition coefficient (Wildman–Crippen LogP) is 0.977. The molecule has 0 fully saturated rings. The Bertz CT molecular complexity index is 712. The van der Waals surface area contributed by atoms with Crippen LogP contribution in [0.25, 0.3) is 0 Å². The zero-order chi connectivity index (χ0) is 14.6. The first-order valence-corrected chi connectivity index (χ1v) is 7.02. The van der Waals surface area contributed by atoms with Gasteiger partial charge in [0.2, 0.25) is 0 Å². The summed E-state index contributed by atoms with van der Waals surface area (Å²) in [5, 5.41) is 11.4. The SMILES string of the molecule is N/C(=N/O)c1ccc(NS(=O)(=O)c2cccnc2)cc1. The molecule has 20 heavy (non-hydrogen) atoms. The second kappa shape index (κ2) is 5.57. The van der Waals surface area contributed by atoms with Crippen LogP contribution < -0.4 is 10.5 Å². The van der Waals surface area contributed by atoms with Gasteiger partial charge in [-0.15, -0.1) is 0 Å². The summed E-state index contributed by atoms with van der Waals surface area (Å²) < 4.78 is 26.5. The Morgan fingerprint density at radius 3 is 2.50 bits per heavy atom. The average Bonchev–Trinajstić information content (AvgIpc) is 2.48.